The molecule has 16 heavy (non-hydrogen) atoms. The lowest BCUT2D eigenvalue weighted by molar-refractivity contribution is 0.191. The minimum Gasteiger partial charge on any atom is -0.385 e. The summed E-state index contributed by atoms with van der Waals surface area (Å²) in [6.07, 6.45) is 6.44. The van der Waals surface area contributed by atoms with E-state index in [0.717, 1.165) is 38.8 Å². The Bertz CT molecular complexity index is 283. The van der Waals surface area contributed by atoms with E-state index in [1.165, 1.54) is 5.69 Å². The van der Waals surface area contributed by atoms with E-state index in [0.29, 0.717) is 0 Å². The van der Waals surface area contributed by atoms with Crippen LogP contribution in [0.1, 0.15) is 31.9 Å². The number of hydrogen-bond donors (Lipinski definition) is 1. The number of methoxy groups -OCH3 is 1. The third-order valence-electron chi connectivity index (χ3n) is 2.92. The summed E-state index contributed by atoms with van der Waals surface area (Å²) in [4.78, 5) is 0. The molecule has 0 spiro atoms. The van der Waals surface area contributed by atoms with Gasteiger partial charge in [0.25, 0.3) is 0 Å². The molecule has 1 aromatic rings. The molecule has 0 bridgehead atoms. The first-order chi connectivity index (χ1) is 7.77. The first kappa shape index (κ1) is 13.3. The van der Waals surface area contributed by atoms with Gasteiger partial charge in [-0.15, -0.1) is 0 Å². The molecule has 0 amide bonds. The number of nitrogens with two attached hydrogens (primary N) is 1. The molecule has 1 heterocycles. The molecular formula is C13H24N2O. The van der Waals surface area contributed by atoms with E-state index in [4.69, 9.17) is 10.5 Å². The van der Waals surface area contributed by atoms with Crippen molar-refractivity contribution in [3.05, 3.63) is 24.0 Å². The Morgan fingerprint density at radius 2 is 2.25 bits per heavy atom. The Morgan fingerprint density at radius 3 is 2.94 bits per heavy atom. The van der Waals surface area contributed by atoms with Crippen molar-refractivity contribution in [2.75, 3.05) is 13.7 Å². The highest BCUT2D eigenvalue weighted by Gasteiger charge is 2.05. The van der Waals surface area contributed by atoms with Crippen molar-refractivity contribution in [1.82, 2.24) is 4.57 Å². The van der Waals surface area contributed by atoms with Gasteiger partial charge in [-0.05, 0) is 31.4 Å². The number of hydrogen-bond acceptors (Lipinski definition) is 2. The minimum absolute atomic E-state index is 0.285. The molecule has 1 rings (SSSR count). The van der Waals surface area contributed by atoms with Crippen molar-refractivity contribution >= 4 is 0 Å². The van der Waals surface area contributed by atoms with Crippen molar-refractivity contribution in [1.29, 1.82) is 0 Å². The van der Waals surface area contributed by atoms with Crippen LogP contribution in [-0.4, -0.2) is 24.3 Å². The van der Waals surface area contributed by atoms with Gasteiger partial charge in [0.1, 0.15) is 0 Å². The van der Waals surface area contributed by atoms with Crippen molar-refractivity contribution in [3.8, 4) is 0 Å². The van der Waals surface area contributed by atoms with Crippen LogP contribution < -0.4 is 5.73 Å². The van der Waals surface area contributed by atoms with Gasteiger partial charge in [0.05, 0.1) is 0 Å². The maximum Gasteiger partial charge on any atom is 0.0462 e. The summed E-state index contributed by atoms with van der Waals surface area (Å²) in [5.74, 6) is 0. The normalized spacial score (nSPS) is 12.9. The molecule has 0 aliphatic rings. The first-order valence-electron chi connectivity index (χ1n) is 6.16. The fourth-order valence-electron chi connectivity index (χ4n) is 1.79. The van der Waals surface area contributed by atoms with Gasteiger partial charge in [-0.2, -0.15) is 0 Å². The largest absolute Gasteiger partial charge is 0.385 e. The highest BCUT2D eigenvalue weighted by Crippen LogP contribution is 2.08. The summed E-state index contributed by atoms with van der Waals surface area (Å²) in [6.45, 7) is 4.06. The summed E-state index contributed by atoms with van der Waals surface area (Å²) in [7, 11) is 1.75. The molecule has 0 radical (unpaired) electrons. The Morgan fingerprint density at radius 1 is 1.44 bits per heavy atom. The van der Waals surface area contributed by atoms with Crippen LogP contribution in [0.4, 0.5) is 0 Å². The van der Waals surface area contributed by atoms with Crippen LogP contribution in [0.25, 0.3) is 0 Å². The topological polar surface area (TPSA) is 40.2 Å². The average molecular weight is 224 g/mol. The molecule has 1 unspecified atom stereocenters. The van der Waals surface area contributed by atoms with E-state index < -0.39 is 0 Å². The van der Waals surface area contributed by atoms with Crippen molar-refractivity contribution < 1.29 is 4.74 Å². The quantitative estimate of drug-likeness (QED) is 0.688. The van der Waals surface area contributed by atoms with E-state index in [1.54, 1.807) is 7.11 Å². The van der Waals surface area contributed by atoms with E-state index in [9.17, 15) is 0 Å². The second-order valence-electron chi connectivity index (χ2n) is 4.27. The molecule has 1 aromatic heterocycles. The lowest BCUT2D eigenvalue weighted by Gasteiger charge is -2.12. The maximum absolute atomic E-state index is 5.98. The van der Waals surface area contributed by atoms with Crippen LogP contribution >= 0.6 is 0 Å². The van der Waals surface area contributed by atoms with Gasteiger partial charge in [0, 0.05) is 44.6 Å². The van der Waals surface area contributed by atoms with Crippen LogP contribution in [0, 0.1) is 0 Å². The monoisotopic (exact) mass is 224 g/mol. The zero-order valence-electron chi connectivity index (χ0n) is 10.5. The summed E-state index contributed by atoms with van der Waals surface area (Å²) in [5, 5.41) is 0. The fraction of sp³-hybridized carbons (Fsp3) is 0.692. The highest BCUT2D eigenvalue weighted by molar-refractivity contribution is 5.08. The molecule has 2 N–H and O–H groups in total. The minimum atomic E-state index is 0.285. The van der Waals surface area contributed by atoms with Crippen molar-refractivity contribution in [2.24, 2.45) is 5.73 Å². The number of rotatable bonds is 8. The molecule has 92 valence electrons. The Kier molecular flexibility index (Phi) is 6.19. The van der Waals surface area contributed by atoms with E-state index in [-0.39, 0.29) is 6.04 Å². The summed E-state index contributed by atoms with van der Waals surface area (Å²) >= 11 is 0. The summed E-state index contributed by atoms with van der Waals surface area (Å²) in [6, 6.07) is 4.56. The van der Waals surface area contributed by atoms with Crippen LogP contribution in [0.3, 0.4) is 0 Å². The lowest BCUT2D eigenvalue weighted by atomic mass is 10.1. The van der Waals surface area contributed by atoms with Crippen LogP contribution in [0.2, 0.25) is 0 Å². The number of aryl methyl sites for hydroxylation is 1. The third kappa shape index (κ3) is 4.37. The predicted molar refractivity (Wildman–Crippen MR) is 67.5 cm³/mol. The molecule has 0 fully saturated rings. The molecule has 0 saturated carbocycles. The number of nitrogens with zero attached hydrogens (tertiary/aromatic N) is 1. The number of ether oxygens (including phenoxy) is 1. The molecule has 1 atom stereocenters. The molecular weight excluding hydrogens is 200 g/mol. The van der Waals surface area contributed by atoms with E-state index >= 15 is 0 Å². The molecule has 0 aliphatic heterocycles. The second-order valence-corrected chi connectivity index (χ2v) is 4.27. The van der Waals surface area contributed by atoms with Gasteiger partial charge < -0.3 is 15.0 Å². The summed E-state index contributed by atoms with van der Waals surface area (Å²) < 4.78 is 7.35. The van der Waals surface area contributed by atoms with Crippen LogP contribution in [0.15, 0.2) is 18.3 Å². The Hall–Kier alpha value is -0.800. The second kappa shape index (κ2) is 7.47. The Balaban J connectivity index is 2.38. The molecule has 0 aromatic carbocycles. The zero-order chi connectivity index (χ0) is 11.8. The van der Waals surface area contributed by atoms with Gasteiger partial charge in [0.2, 0.25) is 0 Å². The number of aromatic nitrogens is 1. The molecule has 0 saturated heterocycles. The zero-order valence-corrected chi connectivity index (χ0v) is 10.5. The molecule has 0 aliphatic carbocycles. The first-order valence-corrected chi connectivity index (χ1v) is 6.16. The average Bonchev–Trinajstić information content (AvgIpc) is 2.72. The smallest absolute Gasteiger partial charge is 0.0462 e. The van der Waals surface area contributed by atoms with Crippen LogP contribution in [-0.2, 0) is 17.7 Å². The van der Waals surface area contributed by atoms with Crippen LogP contribution in [0.5, 0.6) is 0 Å². The number of unbranched alkanes of at least 4 members (excludes halogenated alkanes) is 1. The van der Waals surface area contributed by atoms with Gasteiger partial charge in [-0.25, -0.2) is 0 Å². The highest BCUT2D eigenvalue weighted by atomic mass is 16.5. The predicted octanol–water partition coefficient (Wildman–Crippen LogP) is 2.19. The van der Waals surface area contributed by atoms with Crippen molar-refractivity contribution in [3.63, 3.8) is 0 Å². The standard InChI is InChI=1S/C13H24N2O/c1-3-12(14)11-13-7-6-9-15(13)8-4-5-10-16-2/h6-7,9,12H,3-5,8,10-11,14H2,1-2H3. The third-order valence-corrected chi connectivity index (χ3v) is 2.92. The summed E-state index contributed by atoms with van der Waals surface area (Å²) in [5.41, 5.74) is 7.33. The van der Waals surface area contributed by atoms with Gasteiger partial charge in [0.15, 0.2) is 0 Å². The van der Waals surface area contributed by atoms with E-state index in [2.05, 4.69) is 29.8 Å². The molecule has 3 heteroatoms. The molecule has 3 nitrogen and oxygen atoms in total. The SMILES string of the molecule is CCC(N)Cc1cccn1CCCCOC. The fourth-order valence-corrected chi connectivity index (χ4v) is 1.79. The van der Waals surface area contributed by atoms with Gasteiger partial charge in [-0.3, -0.25) is 0 Å². The van der Waals surface area contributed by atoms with Gasteiger partial charge in [-0.1, -0.05) is 6.92 Å². The van der Waals surface area contributed by atoms with Gasteiger partial charge >= 0.3 is 0 Å². The maximum atomic E-state index is 5.98. The van der Waals surface area contributed by atoms with E-state index in [1.807, 2.05) is 0 Å². The Labute approximate surface area is 98.6 Å². The van der Waals surface area contributed by atoms with Crippen molar-refractivity contribution in [2.45, 2.75) is 45.2 Å². The lowest BCUT2D eigenvalue weighted by Crippen LogP contribution is -2.23.